The van der Waals surface area contributed by atoms with Crippen molar-refractivity contribution in [2.75, 3.05) is 25.5 Å². The average molecular weight is 404 g/mol. The summed E-state index contributed by atoms with van der Waals surface area (Å²) in [7, 11) is 2.12. The number of hydrogen-bond donors (Lipinski definition) is 2. The Balaban J connectivity index is 0.00000400. The van der Waals surface area contributed by atoms with E-state index in [1.54, 1.807) is 0 Å². The lowest BCUT2D eigenvalue weighted by Gasteiger charge is -2.22. The molecule has 0 aromatic heterocycles. The highest BCUT2D eigenvalue weighted by Crippen LogP contribution is 2.13. The van der Waals surface area contributed by atoms with Gasteiger partial charge in [0.25, 0.3) is 0 Å². The van der Waals surface area contributed by atoms with Gasteiger partial charge in [0.05, 0.1) is 6.54 Å². The van der Waals surface area contributed by atoms with Gasteiger partial charge in [0, 0.05) is 18.3 Å². The van der Waals surface area contributed by atoms with Crippen LogP contribution in [0.5, 0.6) is 0 Å². The van der Waals surface area contributed by atoms with Crippen molar-refractivity contribution in [1.29, 1.82) is 0 Å². The number of benzene rings is 1. The molecule has 0 radical (unpaired) electrons. The van der Waals surface area contributed by atoms with Gasteiger partial charge in [-0.2, -0.15) is 0 Å². The van der Waals surface area contributed by atoms with E-state index in [-0.39, 0.29) is 24.0 Å². The van der Waals surface area contributed by atoms with E-state index in [2.05, 4.69) is 62.1 Å². The third-order valence-corrected chi connectivity index (χ3v) is 3.86. The molecule has 1 rings (SSSR count). The molecule has 1 aromatic rings. The van der Waals surface area contributed by atoms with Crippen LogP contribution in [-0.4, -0.2) is 37.0 Å². The van der Waals surface area contributed by atoms with Crippen LogP contribution in [-0.2, 0) is 0 Å². The van der Waals surface area contributed by atoms with Crippen molar-refractivity contribution in [3.63, 3.8) is 0 Å². The lowest BCUT2D eigenvalue weighted by Crippen LogP contribution is -2.31. The number of guanidine groups is 1. The minimum Gasteiger partial charge on any atom is -0.370 e. The highest BCUT2D eigenvalue weighted by Gasteiger charge is 2.05. The first-order chi connectivity index (χ1) is 9.43. The molecule has 0 heterocycles. The van der Waals surface area contributed by atoms with Gasteiger partial charge in [-0.1, -0.05) is 13.0 Å². The molecule has 0 saturated heterocycles. The van der Waals surface area contributed by atoms with E-state index in [0.29, 0.717) is 18.5 Å². The Morgan fingerprint density at radius 1 is 1.33 bits per heavy atom. The topological polar surface area (TPSA) is 53.6 Å². The van der Waals surface area contributed by atoms with Crippen LogP contribution in [0.2, 0.25) is 0 Å². The second-order valence-corrected chi connectivity index (χ2v) is 5.43. The summed E-state index contributed by atoms with van der Waals surface area (Å²) in [6, 6.07) is 6.78. The van der Waals surface area contributed by atoms with Crippen LogP contribution in [0.3, 0.4) is 0 Å². The predicted molar refractivity (Wildman–Crippen MR) is 104 cm³/mol. The van der Waals surface area contributed by atoms with Crippen LogP contribution in [0.1, 0.15) is 31.4 Å². The summed E-state index contributed by atoms with van der Waals surface area (Å²) in [6.07, 6.45) is 1.15. The number of aryl methyl sites for hydroxylation is 2. The van der Waals surface area contributed by atoms with E-state index in [4.69, 9.17) is 5.73 Å². The molecule has 0 saturated carbocycles. The summed E-state index contributed by atoms with van der Waals surface area (Å²) in [5.41, 5.74) is 9.43. The molecule has 120 valence electrons. The molecule has 0 aliphatic carbocycles. The first-order valence-electron chi connectivity index (χ1n) is 7.28. The molecule has 0 spiro atoms. The summed E-state index contributed by atoms with van der Waals surface area (Å²) in [4.78, 5) is 6.67. The van der Waals surface area contributed by atoms with E-state index in [1.807, 2.05) is 6.07 Å². The molecule has 0 aliphatic rings. The Hall–Kier alpha value is -0.820. The van der Waals surface area contributed by atoms with Crippen LogP contribution in [0.15, 0.2) is 23.2 Å². The molecule has 1 aromatic carbocycles. The fourth-order valence-electron chi connectivity index (χ4n) is 1.87. The highest BCUT2D eigenvalue weighted by molar-refractivity contribution is 14.0. The van der Waals surface area contributed by atoms with Gasteiger partial charge in [-0.3, -0.25) is 4.99 Å². The zero-order chi connectivity index (χ0) is 15.1. The lowest BCUT2D eigenvalue weighted by molar-refractivity contribution is 0.259. The Kier molecular flexibility index (Phi) is 9.61. The summed E-state index contributed by atoms with van der Waals surface area (Å²) in [5.74, 6) is 0.478. The largest absolute Gasteiger partial charge is 0.370 e. The summed E-state index contributed by atoms with van der Waals surface area (Å²) in [6.45, 7) is 10.2. The quantitative estimate of drug-likeness (QED) is 0.434. The van der Waals surface area contributed by atoms with E-state index in [1.165, 1.54) is 11.1 Å². The molecule has 1 unspecified atom stereocenters. The van der Waals surface area contributed by atoms with Gasteiger partial charge in [0.1, 0.15) is 0 Å². The molecule has 21 heavy (non-hydrogen) atoms. The number of aliphatic imine (C=N–C) groups is 1. The molecule has 0 amide bonds. The maximum absolute atomic E-state index is 5.91. The van der Waals surface area contributed by atoms with Crippen LogP contribution in [0, 0.1) is 13.8 Å². The maximum atomic E-state index is 5.91. The molecule has 0 fully saturated rings. The van der Waals surface area contributed by atoms with Gasteiger partial charge in [0.2, 0.25) is 0 Å². The Morgan fingerprint density at radius 2 is 2.00 bits per heavy atom. The third-order valence-electron chi connectivity index (χ3n) is 3.86. The van der Waals surface area contributed by atoms with Crippen molar-refractivity contribution in [3.8, 4) is 0 Å². The molecule has 5 heteroatoms. The van der Waals surface area contributed by atoms with Crippen molar-refractivity contribution < 1.29 is 0 Å². The van der Waals surface area contributed by atoms with Gasteiger partial charge in [-0.25, -0.2) is 0 Å². The van der Waals surface area contributed by atoms with Crippen LogP contribution >= 0.6 is 24.0 Å². The van der Waals surface area contributed by atoms with Gasteiger partial charge in [0.15, 0.2) is 5.96 Å². The smallest absolute Gasteiger partial charge is 0.193 e. The summed E-state index contributed by atoms with van der Waals surface area (Å²) in [5, 5.41) is 3.14. The molecule has 3 N–H and O–H groups in total. The number of nitrogens with two attached hydrogens (primary N) is 1. The molecule has 1 atom stereocenters. The molecular weight excluding hydrogens is 375 g/mol. The number of anilines is 1. The van der Waals surface area contributed by atoms with E-state index in [9.17, 15) is 0 Å². The second-order valence-electron chi connectivity index (χ2n) is 5.43. The Bertz CT molecular complexity index is 460. The van der Waals surface area contributed by atoms with E-state index >= 15 is 0 Å². The average Bonchev–Trinajstić information content (AvgIpc) is 2.41. The number of halogens is 1. The van der Waals surface area contributed by atoms with Crippen LogP contribution in [0.4, 0.5) is 5.69 Å². The minimum atomic E-state index is 0. The normalized spacial score (nSPS) is 13.0. The van der Waals surface area contributed by atoms with Crippen molar-refractivity contribution in [2.45, 2.75) is 40.2 Å². The van der Waals surface area contributed by atoms with E-state index in [0.717, 1.165) is 18.7 Å². The Morgan fingerprint density at radius 3 is 2.57 bits per heavy atom. The van der Waals surface area contributed by atoms with Crippen LogP contribution < -0.4 is 11.1 Å². The van der Waals surface area contributed by atoms with Crippen molar-refractivity contribution >= 4 is 35.6 Å². The predicted octanol–water partition coefficient (Wildman–Crippen LogP) is 3.38. The molecule has 0 aliphatic heterocycles. The highest BCUT2D eigenvalue weighted by atomic mass is 127. The summed E-state index contributed by atoms with van der Waals surface area (Å²) >= 11 is 0. The van der Waals surface area contributed by atoms with Crippen molar-refractivity contribution in [1.82, 2.24) is 4.90 Å². The second kappa shape index (κ2) is 10.00. The third kappa shape index (κ3) is 7.13. The minimum absolute atomic E-state index is 0. The SMILES string of the molecule is CCC(C)N(C)CCN=C(N)Nc1ccc(C)c(C)c1.I. The number of nitrogens with one attached hydrogen (secondary N) is 1. The number of rotatable bonds is 6. The van der Waals surface area contributed by atoms with Crippen molar-refractivity contribution in [3.05, 3.63) is 29.3 Å². The number of likely N-dealkylation sites (N-methyl/N-ethyl adjacent to an activating group) is 1. The van der Waals surface area contributed by atoms with Gasteiger partial charge in [-0.15, -0.1) is 24.0 Å². The monoisotopic (exact) mass is 404 g/mol. The lowest BCUT2D eigenvalue weighted by atomic mass is 10.1. The first kappa shape index (κ1) is 20.2. The molecule has 0 bridgehead atoms. The zero-order valence-electron chi connectivity index (χ0n) is 13.8. The fraction of sp³-hybridized carbons (Fsp3) is 0.562. The number of hydrogen-bond acceptors (Lipinski definition) is 2. The standard InChI is InChI=1S/C16H28N4.HI/c1-6-14(4)20(5)10-9-18-16(17)19-15-8-7-12(2)13(3)11-15;/h7-8,11,14H,6,9-10H2,1-5H3,(H3,17,18,19);1H. The van der Waals surface area contributed by atoms with E-state index < -0.39 is 0 Å². The summed E-state index contributed by atoms with van der Waals surface area (Å²) < 4.78 is 0. The first-order valence-corrected chi connectivity index (χ1v) is 7.28. The van der Waals surface area contributed by atoms with Crippen LogP contribution in [0.25, 0.3) is 0 Å². The Labute approximate surface area is 146 Å². The fourth-order valence-corrected chi connectivity index (χ4v) is 1.87. The number of nitrogens with zero attached hydrogens (tertiary/aromatic N) is 2. The maximum Gasteiger partial charge on any atom is 0.193 e. The van der Waals surface area contributed by atoms with Gasteiger partial charge >= 0.3 is 0 Å². The van der Waals surface area contributed by atoms with Crippen molar-refractivity contribution in [2.24, 2.45) is 10.7 Å². The van der Waals surface area contributed by atoms with Gasteiger partial charge in [-0.05, 0) is 57.5 Å². The zero-order valence-corrected chi connectivity index (χ0v) is 16.1. The van der Waals surface area contributed by atoms with Gasteiger partial charge < -0.3 is 16.0 Å². The molecular formula is C16H29IN4. The molecule has 4 nitrogen and oxygen atoms in total.